The van der Waals surface area contributed by atoms with Crippen LogP contribution in [0.1, 0.15) is 39.5 Å². The molecule has 0 aromatic rings. The number of aliphatic hydroxyl groups is 1. The van der Waals surface area contributed by atoms with Gasteiger partial charge >= 0.3 is 6.09 Å². The van der Waals surface area contributed by atoms with Gasteiger partial charge in [0, 0.05) is 6.54 Å². The first-order valence-electron chi connectivity index (χ1n) is 5.75. The van der Waals surface area contributed by atoms with Gasteiger partial charge in [-0.15, -0.1) is 0 Å². The SMILES string of the molecule is CCCOC(=O)N1CCCC(O)(CC)C1. The zero-order valence-corrected chi connectivity index (χ0v) is 9.66. The van der Waals surface area contributed by atoms with E-state index in [1.54, 1.807) is 4.90 Å². The molecule has 4 heteroatoms. The Morgan fingerprint density at radius 1 is 1.53 bits per heavy atom. The maximum atomic E-state index is 11.6. The molecule has 15 heavy (non-hydrogen) atoms. The van der Waals surface area contributed by atoms with E-state index >= 15 is 0 Å². The molecule has 0 aromatic carbocycles. The van der Waals surface area contributed by atoms with Gasteiger partial charge in [-0.25, -0.2) is 4.79 Å². The van der Waals surface area contributed by atoms with E-state index in [1.807, 2.05) is 13.8 Å². The Morgan fingerprint density at radius 3 is 2.87 bits per heavy atom. The maximum absolute atomic E-state index is 11.6. The summed E-state index contributed by atoms with van der Waals surface area (Å²) in [5.74, 6) is 0. The third-order valence-electron chi connectivity index (χ3n) is 2.90. The Hall–Kier alpha value is -0.770. The second-order valence-corrected chi connectivity index (χ2v) is 4.22. The Kier molecular flexibility index (Phi) is 4.39. The zero-order chi connectivity index (χ0) is 11.3. The fourth-order valence-electron chi connectivity index (χ4n) is 1.84. The summed E-state index contributed by atoms with van der Waals surface area (Å²) in [6.45, 7) is 5.48. The zero-order valence-electron chi connectivity index (χ0n) is 9.66. The molecule has 1 heterocycles. The predicted octanol–water partition coefficient (Wildman–Crippen LogP) is 1.77. The Morgan fingerprint density at radius 2 is 2.27 bits per heavy atom. The first-order valence-corrected chi connectivity index (χ1v) is 5.75. The van der Waals surface area contributed by atoms with E-state index in [0.29, 0.717) is 26.1 Å². The summed E-state index contributed by atoms with van der Waals surface area (Å²) in [6, 6.07) is 0. The van der Waals surface area contributed by atoms with Crippen molar-refractivity contribution < 1.29 is 14.6 Å². The molecule has 1 unspecified atom stereocenters. The lowest BCUT2D eigenvalue weighted by Crippen LogP contribution is -2.50. The first kappa shape index (κ1) is 12.3. The van der Waals surface area contributed by atoms with Crippen LogP contribution in [0, 0.1) is 0 Å². The van der Waals surface area contributed by atoms with Crippen molar-refractivity contribution in [1.29, 1.82) is 0 Å². The number of ether oxygens (including phenoxy) is 1. The van der Waals surface area contributed by atoms with E-state index in [2.05, 4.69) is 0 Å². The minimum atomic E-state index is -0.705. The van der Waals surface area contributed by atoms with Gasteiger partial charge in [-0.1, -0.05) is 13.8 Å². The third-order valence-corrected chi connectivity index (χ3v) is 2.90. The fourth-order valence-corrected chi connectivity index (χ4v) is 1.84. The molecule has 1 atom stereocenters. The van der Waals surface area contributed by atoms with Crippen molar-refractivity contribution in [2.45, 2.75) is 45.1 Å². The number of hydrogen-bond donors (Lipinski definition) is 1. The van der Waals surface area contributed by atoms with Crippen molar-refractivity contribution in [3.63, 3.8) is 0 Å². The molecular weight excluding hydrogens is 194 g/mol. The van der Waals surface area contributed by atoms with Crippen LogP contribution in [0.25, 0.3) is 0 Å². The highest BCUT2D eigenvalue weighted by Crippen LogP contribution is 2.24. The molecule has 0 bridgehead atoms. The molecule has 0 aliphatic carbocycles. The van der Waals surface area contributed by atoms with Crippen LogP contribution in [0.5, 0.6) is 0 Å². The number of β-amino-alcohol motifs (C(OH)–C–C–N with tert-alkyl or cyclic N) is 1. The van der Waals surface area contributed by atoms with Gasteiger partial charge in [0.25, 0.3) is 0 Å². The lowest BCUT2D eigenvalue weighted by molar-refractivity contribution is -0.0319. The summed E-state index contributed by atoms with van der Waals surface area (Å²) >= 11 is 0. The van der Waals surface area contributed by atoms with Crippen LogP contribution in [0.4, 0.5) is 4.79 Å². The number of hydrogen-bond acceptors (Lipinski definition) is 3. The van der Waals surface area contributed by atoms with Gasteiger partial charge in [0.1, 0.15) is 0 Å². The summed E-state index contributed by atoms with van der Waals surface area (Å²) in [7, 11) is 0. The number of nitrogens with zero attached hydrogens (tertiary/aromatic N) is 1. The summed E-state index contributed by atoms with van der Waals surface area (Å²) in [5.41, 5.74) is -0.705. The average molecular weight is 215 g/mol. The van der Waals surface area contributed by atoms with Crippen molar-refractivity contribution in [3.8, 4) is 0 Å². The van der Waals surface area contributed by atoms with Gasteiger partial charge in [-0.05, 0) is 25.7 Å². The average Bonchev–Trinajstić information content (AvgIpc) is 2.26. The quantitative estimate of drug-likeness (QED) is 0.780. The van der Waals surface area contributed by atoms with E-state index in [1.165, 1.54) is 0 Å². The molecule has 1 N–H and O–H groups in total. The normalized spacial score (nSPS) is 26.5. The number of likely N-dealkylation sites (tertiary alicyclic amines) is 1. The number of piperidine rings is 1. The van der Waals surface area contributed by atoms with Crippen LogP contribution in [-0.4, -0.2) is 41.4 Å². The van der Waals surface area contributed by atoms with Crippen LogP contribution in [0.2, 0.25) is 0 Å². The molecular formula is C11H21NO3. The largest absolute Gasteiger partial charge is 0.449 e. The topological polar surface area (TPSA) is 49.8 Å². The molecule has 0 saturated carbocycles. The molecule has 4 nitrogen and oxygen atoms in total. The predicted molar refractivity (Wildman–Crippen MR) is 57.7 cm³/mol. The Labute approximate surface area is 91.2 Å². The van der Waals surface area contributed by atoms with E-state index in [9.17, 15) is 9.90 Å². The second-order valence-electron chi connectivity index (χ2n) is 4.22. The van der Waals surface area contributed by atoms with Gasteiger partial charge in [-0.3, -0.25) is 0 Å². The minimum absolute atomic E-state index is 0.288. The van der Waals surface area contributed by atoms with Crippen LogP contribution in [0.3, 0.4) is 0 Å². The van der Waals surface area contributed by atoms with Gasteiger partial charge < -0.3 is 14.7 Å². The van der Waals surface area contributed by atoms with E-state index in [4.69, 9.17) is 4.74 Å². The van der Waals surface area contributed by atoms with Crippen LogP contribution in [-0.2, 0) is 4.74 Å². The number of amides is 1. The molecule has 1 amide bonds. The molecule has 88 valence electrons. The summed E-state index contributed by atoms with van der Waals surface area (Å²) in [5, 5.41) is 10.1. The van der Waals surface area contributed by atoms with Crippen molar-refractivity contribution in [1.82, 2.24) is 4.90 Å². The molecule has 1 fully saturated rings. The molecule has 0 radical (unpaired) electrons. The number of carbonyl (C=O) groups excluding carboxylic acids is 1. The van der Waals surface area contributed by atoms with E-state index in [0.717, 1.165) is 19.3 Å². The molecule has 1 aliphatic rings. The maximum Gasteiger partial charge on any atom is 0.409 e. The monoisotopic (exact) mass is 215 g/mol. The Balaban J connectivity index is 2.45. The second kappa shape index (κ2) is 5.35. The summed E-state index contributed by atoms with van der Waals surface area (Å²) in [4.78, 5) is 13.2. The van der Waals surface area contributed by atoms with Gasteiger partial charge in [0.2, 0.25) is 0 Å². The van der Waals surface area contributed by atoms with Crippen LogP contribution >= 0.6 is 0 Å². The highest BCUT2D eigenvalue weighted by molar-refractivity contribution is 5.67. The smallest absolute Gasteiger partial charge is 0.409 e. The van der Waals surface area contributed by atoms with Crippen LogP contribution in [0.15, 0.2) is 0 Å². The highest BCUT2D eigenvalue weighted by Gasteiger charge is 2.34. The highest BCUT2D eigenvalue weighted by atomic mass is 16.6. The minimum Gasteiger partial charge on any atom is -0.449 e. The lowest BCUT2D eigenvalue weighted by Gasteiger charge is -2.38. The molecule has 0 aromatic heterocycles. The van der Waals surface area contributed by atoms with Gasteiger partial charge in [-0.2, -0.15) is 0 Å². The van der Waals surface area contributed by atoms with Gasteiger partial charge in [0.15, 0.2) is 0 Å². The van der Waals surface area contributed by atoms with Crippen molar-refractivity contribution in [2.24, 2.45) is 0 Å². The fraction of sp³-hybridized carbons (Fsp3) is 0.909. The molecule has 1 saturated heterocycles. The van der Waals surface area contributed by atoms with E-state index < -0.39 is 5.60 Å². The molecule has 0 spiro atoms. The third kappa shape index (κ3) is 3.38. The standard InChI is InChI=1S/C11H21NO3/c1-3-8-15-10(13)12-7-5-6-11(14,4-2)9-12/h14H,3-9H2,1-2H3. The number of rotatable bonds is 3. The Bertz CT molecular complexity index is 220. The van der Waals surface area contributed by atoms with Crippen LogP contribution < -0.4 is 0 Å². The van der Waals surface area contributed by atoms with Crippen molar-refractivity contribution >= 4 is 6.09 Å². The van der Waals surface area contributed by atoms with E-state index in [-0.39, 0.29) is 6.09 Å². The van der Waals surface area contributed by atoms with Crippen molar-refractivity contribution in [2.75, 3.05) is 19.7 Å². The van der Waals surface area contributed by atoms with Gasteiger partial charge in [0.05, 0.1) is 18.8 Å². The first-order chi connectivity index (χ1) is 7.11. The molecule has 1 aliphatic heterocycles. The lowest BCUT2D eigenvalue weighted by atomic mass is 9.91. The number of carbonyl (C=O) groups is 1. The van der Waals surface area contributed by atoms with Crippen molar-refractivity contribution in [3.05, 3.63) is 0 Å². The summed E-state index contributed by atoms with van der Waals surface area (Å²) < 4.78 is 5.04. The summed E-state index contributed by atoms with van der Waals surface area (Å²) in [6.07, 6.45) is 2.86. The molecule has 1 rings (SSSR count).